The first-order valence-corrected chi connectivity index (χ1v) is 12.0. The number of rotatable bonds is 7. The Morgan fingerprint density at radius 3 is 2.68 bits per heavy atom. The molecule has 0 radical (unpaired) electrons. The summed E-state index contributed by atoms with van der Waals surface area (Å²) < 4.78 is 33.6. The quantitative estimate of drug-likeness (QED) is 0.698. The molecule has 1 fully saturated rings. The maximum absolute atomic E-state index is 13.4. The van der Waals surface area contributed by atoms with Gasteiger partial charge in [-0.2, -0.15) is 4.31 Å². The lowest BCUT2D eigenvalue weighted by Gasteiger charge is -2.32. The molecule has 0 aromatic heterocycles. The SMILES string of the molecule is CCN(C)c1cccc(NC(=O)c2ccc(OC)c(S(=O)(=O)N3CCCCC3C)c2)c1. The molecule has 1 atom stereocenters. The van der Waals surface area contributed by atoms with E-state index < -0.39 is 10.0 Å². The van der Waals surface area contributed by atoms with E-state index in [-0.39, 0.29) is 28.2 Å². The van der Waals surface area contributed by atoms with Gasteiger partial charge in [0, 0.05) is 43.1 Å². The van der Waals surface area contributed by atoms with Crippen LogP contribution in [-0.4, -0.2) is 51.9 Å². The zero-order valence-electron chi connectivity index (χ0n) is 18.6. The zero-order valence-corrected chi connectivity index (χ0v) is 19.4. The second kappa shape index (κ2) is 9.70. The summed E-state index contributed by atoms with van der Waals surface area (Å²) in [5, 5.41) is 2.87. The fourth-order valence-corrected chi connectivity index (χ4v) is 5.66. The van der Waals surface area contributed by atoms with Crippen LogP contribution < -0.4 is 15.0 Å². The summed E-state index contributed by atoms with van der Waals surface area (Å²) in [5.41, 5.74) is 1.89. The molecule has 3 rings (SSSR count). The van der Waals surface area contributed by atoms with Crippen molar-refractivity contribution in [2.75, 3.05) is 37.5 Å². The molecular formula is C23H31N3O4S. The molecule has 168 valence electrons. The van der Waals surface area contributed by atoms with Crippen molar-refractivity contribution in [1.82, 2.24) is 4.31 Å². The van der Waals surface area contributed by atoms with Crippen LogP contribution in [0.25, 0.3) is 0 Å². The van der Waals surface area contributed by atoms with Gasteiger partial charge < -0.3 is 15.0 Å². The van der Waals surface area contributed by atoms with Gasteiger partial charge in [0.15, 0.2) is 0 Å². The fourth-order valence-electron chi connectivity index (χ4n) is 3.78. The van der Waals surface area contributed by atoms with Crippen molar-refractivity contribution in [2.45, 2.75) is 44.0 Å². The molecule has 1 aliphatic rings. The molecule has 1 aliphatic heterocycles. The van der Waals surface area contributed by atoms with Gasteiger partial charge in [-0.25, -0.2) is 8.42 Å². The number of carbonyl (C=O) groups is 1. The average molecular weight is 446 g/mol. The van der Waals surface area contributed by atoms with Crippen LogP contribution in [0.15, 0.2) is 47.4 Å². The number of benzene rings is 2. The first kappa shape index (κ1) is 23.1. The Balaban J connectivity index is 1.90. The Hall–Kier alpha value is -2.58. The number of ether oxygens (including phenoxy) is 1. The van der Waals surface area contributed by atoms with Crippen LogP contribution in [0.2, 0.25) is 0 Å². The summed E-state index contributed by atoms with van der Waals surface area (Å²) in [6, 6.07) is 12.0. The topological polar surface area (TPSA) is 79.0 Å². The van der Waals surface area contributed by atoms with Crippen molar-refractivity contribution in [3.8, 4) is 5.75 Å². The third-order valence-corrected chi connectivity index (χ3v) is 7.81. The van der Waals surface area contributed by atoms with Gasteiger partial charge in [-0.05, 0) is 63.1 Å². The number of sulfonamides is 1. The molecule has 0 spiro atoms. The number of nitrogens with one attached hydrogen (secondary N) is 1. The lowest BCUT2D eigenvalue weighted by molar-refractivity contribution is 0.102. The normalized spacial score (nSPS) is 17.2. The maximum Gasteiger partial charge on any atom is 0.255 e. The molecule has 8 heteroatoms. The van der Waals surface area contributed by atoms with Crippen molar-refractivity contribution in [1.29, 1.82) is 0 Å². The highest BCUT2D eigenvalue weighted by molar-refractivity contribution is 7.89. The summed E-state index contributed by atoms with van der Waals surface area (Å²) >= 11 is 0. The van der Waals surface area contributed by atoms with E-state index in [1.54, 1.807) is 6.07 Å². The minimum Gasteiger partial charge on any atom is -0.495 e. The first-order chi connectivity index (χ1) is 14.8. The average Bonchev–Trinajstić information content (AvgIpc) is 2.78. The van der Waals surface area contributed by atoms with E-state index in [1.807, 2.05) is 45.2 Å². The van der Waals surface area contributed by atoms with Crippen molar-refractivity contribution in [3.63, 3.8) is 0 Å². The predicted octanol–water partition coefficient (Wildman–Crippen LogP) is 3.97. The van der Waals surface area contributed by atoms with Gasteiger partial charge in [0.25, 0.3) is 5.91 Å². The molecule has 1 saturated heterocycles. The predicted molar refractivity (Wildman–Crippen MR) is 124 cm³/mol. The monoisotopic (exact) mass is 445 g/mol. The second-order valence-corrected chi connectivity index (χ2v) is 9.70. The molecule has 1 unspecified atom stereocenters. The Morgan fingerprint density at radius 1 is 1.23 bits per heavy atom. The Kier molecular flexibility index (Phi) is 7.23. The number of carbonyl (C=O) groups excluding carboxylic acids is 1. The molecule has 0 saturated carbocycles. The lowest BCUT2D eigenvalue weighted by atomic mass is 10.1. The van der Waals surface area contributed by atoms with Gasteiger partial charge in [-0.3, -0.25) is 4.79 Å². The van der Waals surface area contributed by atoms with Gasteiger partial charge >= 0.3 is 0 Å². The van der Waals surface area contributed by atoms with Crippen LogP contribution >= 0.6 is 0 Å². The number of piperidine rings is 1. The van der Waals surface area contributed by atoms with E-state index in [1.165, 1.54) is 23.5 Å². The third-order valence-electron chi connectivity index (χ3n) is 5.77. The van der Waals surface area contributed by atoms with E-state index in [0.717, 1.165) is 31.5 Å². The maximum atomic E-state index is 13.4. The van der Waals surface area contributed by atoms with Crippen molar-refractivity contribution in [2.24, 2.45) is 0 Å². The standard InChI is InChI=1S/C23H31N3O4S/c1-5-25(3)20-11-8-10-19(16-20)24-23(27)18-12-13-21(30-4)22(15-18)31(28,29)26-14-7-6-9-17(26)2/h8,10-13,15-17H,5-7,9,14H2,1-4H3,(H,24,27). The van der Waals surface area contributed by atoms with Crippen LogP contribution in [0.3, 0.4) is 0 Å². The van der Waals surface area contributed by atoms with Gasteiger partial charge in [0.2, 0.25) is 10.0 Å². The van der Waals surface area contributed by atoms with E-state index >= 15 is 0 Å². The minimum absolute atomic E-state index is 0.0240. The molecule has 1 amide bonds. The number of hydrogen-bond donors (Lipinski definition) is 1. The highest BCUT2D eigenvalue weighted by Crippen LogP contribution is 2.32. The lowest BCUT2D eigenvalue weighted by Crippen LogP contribution is -2.42. The van der Waals surface area contributed by atoms with Crippen molar-refractivity contribution in [3.05, 3.63) is 48.0 Å². The van der Waals surface area contributed by atoms with Crippen molar-refractivity contribution < 1.29 is 17.9 Å². The van der Waals surface area contributed by atoms with Gasteiger partial charge in [-0.1, -0.05) is 12.5 Å². The third kappa shape index (κ3) is 5.02. The molecule has 1 N–H and O–H groups in total. The molecule has 0 bridgehead atoms. The number of amides is 1. The molecule has 0 aliphatic carbocycles. The Labute approximate surface area is 185 Å². The van der Waals surface area contributed by atoms with Crippen LogP contribution in [0.5, 0.6) is 5.75 Å². The summed E-state index contributed by atoms with van der Waals surface area (Å²) in [4.78, 5) is 15.0. The molecule has 7 nitrogen and oxygen atoms in total. The smallest absolute Gasteiger partial charge is 0.255 e. The molecule has 1 heterocycles. The highest BCUT2D eigenvalue weighted by Gasteiger charge is 2.33. The number of nitrogens with zero attached hydrogens (tertiary/aromatic N) is 2. The summed E-state index contributed by atoms with van der Waals surface area (Å²) in [6.45, 7) is 5.28. The van der Waals surface area contributed by atoms with Gasteiger partial charge in [0.1, 0.15) is 10.6 Å². The fraction of sp³-hybridized carbons (Fsp3) is 0.435. The first-order valence-electron chi connectivity index (χ1n) is 10.6. The van der Waals surface area contributed by atoms with E-state index in [9.17, 15) is 13.2 Å². The molecular weight excluding hydrogens is 414 g/mol. The molecule has 31 heavy (non-hydrogen) atoms. The van der Waals surface area contributed by atoms with Crippen LogP contribution in [0.4, 0.5) is 11.4 Å². The summed E-state index contributed by atoms with van der Waals surface area (Å²) in [7, 11) is -0.373. The van der Waals surface area contributed by atoms with Crippen molar-refractivity contribution >= 4 is 27.3 Å². The van der Waals surface area contributed by atoms with Crippen LogP contribution in [-0.2, 0) is 10.0 Å². The molecule has 2 aromatic rings. The number of anilines is 2. The van der Waals surface area contributed by atoms with E-state index in [4.69, 9.17) is 4.74 Å². The highest BCUT2D eigenvalue weighted by atomic mass is 32.2. The van der Waals surface area contributed by atoms with Crippen LogP contribution in [0, 0.1) is 0 Å². The van der Waals surface area contributed by atoms with Gasteiger partial charge in [-0.15, -0.1) is 0 Å². The Morgan fingerprint density at radius 2 is 2.00 bits per heavy atom. The van der Waals surface area contributed by atoms with E-state index in [0.29, 0.717) is 12.2 Å². The zero-order chi connectivity index (χ0) is 22.6. The number of hydrogen-bond acceptors (Lipinski definition) is 5. The summed E-state index contributed by atoms with van der Waals surface area (Å²) in [6.07, 6.45) is 2.66. The second-order valence-electron chi connectivity index (χ2n) is 7.84. The Bertz CT molecular complexity index is 1040. The largest absolute Gasteiger partial charge is 0.495 e. The summed E-state index contributed by atoms with van der Waals surface area (Å²) in [5.74, 6) is -0.136. The minimum atomic E-state index is -3.78. The van der Waals surface area contributed by atoms with E-state index in [2.05, 4.69) is 10.2 Å². The number of methoxy groups -OCH3 is 1. The van der Waals surface area contributed by atoms with Gasteiger partial charge in [0.05, 0.1) is 7.11 Å². The molecule has 2 aromatic carbocycles. The van der Waals surface area contributed by atoms with Crippen LogP contribution in [0.1, 0.15) is 43.5 Å².